The average molecular weight is 478 g/mol. The molecule has 4 aromatic carbocycles. The Hall–Kier alpha value is -3.69. The molecule has 0 saturated heterocycles. The van der Waals surface area contributed by atoms with E-state index in [4.69, 9.17) is 10.00 Å². The van der Waals surface area contributed by atoms with E-state index in [2.05, 4.69) is 0 Å². The van der Waals surface area contributed by atoms with E-state index in [0.29, 0.717) is 65.3 Å². The van der Waals surface area contributed by atoms with E-state index in [0.717, 1.165) is 0 Å². The third-order valence-corrected chi connectivity index (χ3v) is 6.08. The monoisotopic (exact) mass is 477 g/mol. The molecule has 0 spiro atoms. The van der Waals surface area contributed by atoms with Crippen LogP contribution in [0.2, 0.25) is 0 Å². The van der Waals surface area contributed by atoms with Crippen molar-refractivity contribution in [2.75, 3.05) is 13.7 Å². The van der Waals surface area contributed by atoms with Gasteiger partial charge >= 0.3 is 0 Å². The van der Waals surface area contributed by atoms with Gasteiger partial charge in [0.2, 0.25) is 0 Å². The van der Waals surface area contributed by atoms with E-state index in [-0.39, 0.29) is 11.1 Å². The minimum Gasteiger partial charge on any atom is -0.385 e. The summed E-state index contributed by atoms with van der Waals surface area (Å²) in [5.41, 5.74) is 1.82. The fourth-order valence-electron chi connectivity index (χ4n) is 4.24. The zero-order chi connectivity index (χ0) is 24.9. The molecule has 0 aliphatic carbocycles. The first-order chi connectivity index (χ1) is 16.9. The third-order valence-electron chi connectivity index (χ3n) is 6.08. The second kappa shape index (κ2) is 10.7. The molecular weight excluding hydrogens is 454 g/mol. The van der Waals surface area contributed by atoms with Crippen molar-refractivity contribution in [1.82, 2.24) is 0 Å². The van der Waals surface area contributed by atoms with Crippen LogP contribution in [0.5, 0.6) is 0 Å². The molecule has 6 heteroatoms. The van der Waals surface area contributed by atoms with Crippen LogP contribution in [0.1, 0.15) is 28.7 Å². The van der Waals surface area contributed by atoms with Crippen molar-refractivity contribution in [3.63, 3.8) is 0 Å². The molecule has 0 atom stereocenters. The Morgan fingerprint density at radius 1 is 0.771 bits per heavy atom. The number of nitriles is 1. The van der Waals surface area contributed by atoms with Crippen LogP contribution in [0, 0.1) is 34.6 Å². The Kier molecular flexibility index (Phi) is 7.48. The molecule has 0 saturated carbocycles. The summed E-state index contributed by atoms with van der Waals surface area (Å²) in [6.45, 7) is 0.508. The molecule has 0 unspecified atom stereocenters. The first kappa shape index (κ1) is 24.4. The van der Waals surface area contributed by atoms with Crippen molar-refractivity contribution in [2.45, 2.75) is 25.7 Å². The Balaban J connectivity index is 1.57. The lowest BCUT2D eigenvalue weighted by molar-refractivity contribution is 0.195. The van der Waals surface area contributed by atoms with Crippen LogP contribution in [0.25, 0.3) is 21.9 Å². The van der Waals surface area contributed by atoms with Crippen LogP contribution >= 0.6 is 0 Å². The Morgan fingerprint density at radius 2 is 1.51 bits per heavy atom. The zero-order valence-electron chi connectivity index (χ0n) is 19.2. The third kappa shape index (κ3) is 5.36. The maximum Gasteiger partial charge on any atom is 0.141 e. The first-order valence-corrected chi connectivity index (χ1v) is 11.3. The number of hydrogen-bond donors (Lipinski definition) is 0. The van der Waals surface area contributed by atoms with Crippen LogP contribution in [0.4, 0.5) is 17.6 Å². The van der Waals surface area contributed by atoms with Crippen LogP contribution in [-0.4, -0.2) is 13.7 Å². The standard InChI is InChI=1S/C29H23F4NO/c1-35-12-2-3-19-14-26(31)28(27(32)15-19)22-10-11-24-21(16-22)9-8-20(29(24)33)6-4-18-5-7-23(17-34)25(30)13-18/h5,7-11,13-16H,2-4,6,12H2,1H3. The summed E-state index contributed by atoms with van der Waals surface area (Å²) in [6, 6.07) is 16.7. The van der Waals surface area contributed by atoms with E-state index in [9.17, 15) is 13.2 Å². The zero-order valence-corrected chi connectivity index (χ0v) is 19.2. The number of fused-ring (bicyclic) bond motifs is 1. The van der Waals surface area contributed by atoms with Gasteiger partial charge < -0.3 is 4.74 Å². The minimum absolute atomic E-state index is 0.0324. The molecule has 35 heavy (non-hydrogen) atoms. The molecule has 4 rings (SSSR count). The van der Waals surface area contributed by atoms with Gasteiger partial charge in [-0.2, -0.15) is 5.26 Å². The molecule has 0 bridgehead atoms. The van der Waals surface area contributed by atoms with Crippen LogP contribution in [0.3, 0.4) is 0 Å². The maximum atomic E-state index is 15.2. The van der Waals surface area contributed by atoms with E-state index in [1.165, 1.54) is 36.4 Å². The van der Waals surface area contributed by atoms with Gasteiger partial charge in [0.05, 0.1) is 11.1 Å². The van der Waals surface area contributed by atoms with E-state index in [1.807, 2.05) is 0 Å². The topological polar surface area (TPSA) is 33.0 Å². The number of rotatable bonds is 8. The van der Waals surface area contributed by atoms with Gasteiger partial charge in [-0.15, -0.1) is 0 Å². The smallest absolute Gasteiger partial charge is 0.141 e. The van der Waals surface area contributed by atoms with Crippen molar-refractivity contribution < 1.29 is 22.3 Å². The van der Waals surface area contributed by atoms with Gasteiger partial charge in [0.1, 0.15) is 29.3 Å². The van der Waals surface area contributed by atoms with E-state index in [1.54, 1.807) is 37.4 Å². The second-order valence-electron chi connectivity index (χ2n) is 8.43. The van der Waals surface area contributed by atoms with Crippen molar-refractivity contribution in [1.29, 1.82) is 5.26 Å². The van der Waals surface area contributed by atoms with Gasteiger partial charge in [0.15, 0.2) is 0 Å². The van der Waals surface area contributed by atoms with Crippen LogP contribution in [0.15, 0.2) is 60.7 Å². The largest absolute Gasteiger partial charge is 0.385 e. The summed E-state index contributed by atoms with van der Waals surface area (Å²) >= 11 is 0. The number of hydrogen-bond acceptors (Lipinski definition) is 2. The molecule has 0 aliphatic heterocycles. The average Bonchev–Trinajstić information content (AvgIpc) is 2.83. The number of nitrogens with zero attached hydrogens (tertiary/aromatic N) is 1. The molecule has 0 radical (unpaired) electrons. The SMILES string of the molecule is COCCCc1cc(F)c(-c2ccc3c(F)c(CCc4ccc(C#N)c(F)c4)ccc3c2)c(F)c1. The van der Waals surface area contributed by atoms with Crippen molar-refractivity contribution >= 4 is 10.8 Å². The van der Waals surface area contributed by atoms with Gasteiger partial charge in [-0.3, -0.25) is 0 Å². The summed E-state index contributed by atoms with van der Waals surface area (Å²) in [7, 11) is 1.58. The fraction of sp³-hybridized carbons (Fsp3) is 0.207. The molecule has 2 nitrogen and oxygen atoms in total. The number of aryl methyl sites for hydroxylation is 3. The lowest BCUT2D eigenvalue weighted by atomic mass is 9.95. The Morgan fingerprint density at radius 3 is 2.20 bits per heavy atom. The van der Waals surface area contributed by atoms with Crippen molar-refractivity contribution in [3.05, 3.63) is 106 Å². The van der Waals surface area contributed by atoms with Gasteiger partial charge in [0, 0.05) is 19.1 Å². The summed E-state index contributed by atoms with van der Waals surface area (Å²) in [5.74, 6) is -2.34. The maximum absolute atomic E-state index is 15.2. The van der Waals surface area contributed by atoms with Crippen LogP contribution < -0.4 is 0 Å². The van der Waals surface area contributed by atoms with Gasteiger partial charge in [-0.05, 0) is 83.7 Å². The highest BCUT2D eigenvalue weighted by Crippen LogP contribution is 2.32. The Labute approximate surface area is 201 Å². The van der Waals surface area contributed by atoms with Crippen molar-refractivity contribution in [2.24, 2.45) is 0 Å². The molecule has 0 N–H and O–H groups in total. The van der Waals surface area contributed by atoms with Gasteiger partial charge in [0.25, 0.3) is 0 Å². The molecule has 0 fully saturated rings. The highest BCUT2D eigenvalue weighted by Gasteiger charge is 2.16. The molecule has 0 amide bonds. The predicted molar refractivity (Wildman–Crippen MR) is 128 cm³/mol. The van der Waals surface area contributed by atoms with Crippen LogP contribution in [-0.2, 0) is 24.0 Å². The lowest BCUT2D eigenvalue weighted by Crippen LogP contribution is -1.98. The predicted octanol–water partition coefficient (Wildman–Crippen LogP) is 7.30. The summed E-state index contributed by atoms with van der Waals surface area (Å²) in [5, 5.41) is 9.71. The normalized spacial score (nSPS) is 11.1. The number of methoxy groups -OCH3 is 1. The fourth-order valence-corrected chi connectivity index (χ4v) is 4.24. The summed E-state index contributed by atoms with van der Waals surface area (Å²) in [4.78, 5) is 0. The first-order valence-electron chi connectivity index (χ1n) is 11.3. The molecular formula is C29H23F4NO. The number of halogens is 4. The van der Waals surface area contributed by atoms with E-state index >= 15 is 4.39 Å². The van der Waals surface area contributed by atoms with Gasteiger partial charge in [-0.25, -0.2) is 17.6 Å². The van der Waals surface area contributed by atoms with E-state index < -0.39 is 23.3 Å². The number of benzene rings is 4. The second-order valence-corrected chi connectivity index (χ2v) is 8.43. The lowest BCUT2D eigenvalue weighted by Gasteiger charge is -2.11. The minimum atomic E-state index is -0.663. The Bertz CT molecular complexity index is 1400. The molecule has 0 heterocycles. The number of ether oxygens (including phenoxy) is 1. The molecule has 4 aromatic rings. The van der Waals surface area contributed by atoms with Gasteiger partial charge in [-0.1, -0.05) is 30.3 Å². The molecule has 0 aliphatic rings. The summed E-state index contributed by atoms with van der Waals surface area (Å²) in [6.07, 6.45) is 1.90. The van der Waals surface area contributed by atoms with Crippen molar-refractivity contribution in [3.8, 4) is 17.2 Å². The highest BCUT2D eigenvalue weighted by molar-refractivity contribution is 5.88. The quantitative estimate of drug-likeness (QED) is 0.197. The molecule has 0 aromatic heterocycles. The molecule has 178 valence electrons. The highest BCUT2D eigenvalue weighted by atomic mass is 19.1. The summed E-state index contributed by atoms with van der Waals surface area (Å²) < 4.78 is 63.6.